The lowest BCUT2D eigenvalue weighted by atomic mass is 9.90. The molecule has 6 atom stereocenters. The van der Waals surface area contributed by atoms with Crippen LogP contribution < -0.4 is 21.3 Å². The molecule has 5 aromatic rings. The molecule has 2 aliphatic heterocycles. The predicted octanol–water partition coefficient (Wildman–Crippen LogP) is 4.43. The van der Waals surface area contributed by atoms with Crippen LogP contribution in [0.15, 0.2) is 133 Å². The number of hydrogen-bond donors (Lipinski definition) is 7. The van der Waals surface area contributed by atoms with E-state index in [4.69, 9.17) is 0 Å². The van der Waals surface area contributed by atoms with Gasteiger partial charge in [-0.05, 0) is 70.5 Å². The van der Waals surface area contributed by atoms with Gasteiger partial charge in [0.2, 0.25) is 11.8 Å². The average molecular weight is 879 g/mol. The maximum absolute atomic E-state index is 14.5. The number of nitrogens with one attached hydrogen (secondary N) is 4. The lowest BCUT2D eigenvalue weighted by Crippen LogP contribution is -2.59. The number of benzene rings is 5. The molecule has 0 fully saturated rings. The van der Waals surface area contributed by atoms with E-state index in [0.29, 0.717) is 16.7 Å². The molecular formula is C48H45F3N4O9. The summed E-state index contributed by atoms with van der Waals surface area (Å²) >= 11 is 0. The molecule has 0 saturated carbocycles. The van der Waals surface area contributed by atoms with Crippen molar-refractivity contribution in [2.75, 3.05) is 5.32 Å². The summed E-state index contributed by atoms with van der Waals surface area (Å²) in [5.74, 6) is -7.70. The Hall–Kier alpha value is -7.17. The molecule has 2 aliphatic rings. The highest BCUT2D eigenvalue weighted by atomic mass is 19.4. The molecule has 7 rings (SSSR count). The highest BCUT2D eigenvalue weighted by Crippen LogP contribution is 2.29. The molecular weight excluding hydrogens is 834 g/mol. The quantitative estimate of drug-likeness (QED) is 0.110. The fraction of sp³-hybridized carbons (Fsp3) is 0.250. The molecule has 2 bridgehead atoms. The molecule has 0 aromatic heterocycles. The zero-order valence-corrected chi connectivity index (χ0v) is 34.1. The summed E-state index contributed by atoms with van der Waals surface area (Å²) in [6, 6.07) is 30.0. The minimum absolute atomic E-state index is 0.0502. The van der Waals surface area contributed by atoms with Crippen molar-refractivity contribution in [1.82, 2.24) is 16.0 Å². The molecule has 0 spiro atoms. The number of carboxylic acids is 1. The Bertz CT molecular complexity index is 2430. The number of carbonyl (C=O) groups excluding carboxylic acids is 5. The number of halogens is 3. The number of fused-ring (bicyclic) bond motifs is 18. The number of Topliss-reactive ketones (excluding diaryl/α,β-unsaturated/α-hetero) is 1. The zero-order valence-electron chi connectivity index (χ0n) is 34.1. The van der Waals surface area contributed by atoms with E-state index in [1.165, 1.54) is 24.3 Å². The number of amides is 4. The van der Waals surface area contributed by atoms with E-state index >= 15 is 0 Å². The Morgan fingerprint density at radius 2 is 0.984 bits per heavy atom. The standard InChI is InChI=1S/C48H45F3N4O9/c49-48(50,51)35-19-13-31(14-20-35)26-39-44(60)54-38(25-30-11-17-33(18-12-30)32-9-5-2-6-10-32)43(59)53-37(24-28-7-3-1-4-8-28)40(56)27-34(47(63)64)23-29-15-21-36(22-16-29)52-45(61)41(57)42(58)46(62)55-39/h1-22,34,37-39,41-42,57-58H,23-27H2,(H,52,61)(H,53,59)(H,54,60)(H,55,62)(H,63,64)/t34-,37-,38+,39-,41-,42-/m1/s1. The summed E-state index contributed by atoms with van der Waals surface area (Å²) < 4.78 is 40.3. The van der Waals surface area contributed by atoms with Gasteiger partial charge in [0.15, 0.2) is 18.0 Å². The second kappa shape index (κ2) is 20.8. The van der Waals surface area contributed by atoms with E-state index in [-0.39, 0.29) is 30.5 Å². The van der Waals surface area contributed by atoms with E-state index in [0.717, 1.165) is 35.4 Å². The fourth-order valence-electron chi connectivity index (χ4n) is 7.22. The molecule has 16 heteroatoms. The van der Waals surface area contributed by atoms with Crippen molar-refractivity contribution in [2.45, 2.75) is 68.6 Å². The van der Waals surface area contributed by atoms with Crippen LogP contribution in [0.3, 0.4) is 0 Å². The van der Waals surface area contributed by atoms with Gasteiger partial charge in [-0.15, -0.1) is 0 Å². The normalized spacial score (nSPS) is 21.7. The molecule has 0 unspecified atom stereocenters. The first-order valence-electron chi connectivity index (χ1n) is 20.3. The summed E-state index contributed by atoms with van der Waals surface area (Å²) in [4.78, 5) is 82.0. The van der Waals surface area contributed by atoms with Gasteiger partial charge in [0.1, 0.15) is 12.1 Å². The number of aliphatic hydroxyl groups is 2. The average Bonchev–Trinajstić information content (AvgIpc) is 3.28. The largest absolute Gasteiger partial charge is 0.481 e. The van der Waals surface area contributed by atoms with Crippen molar-refractivity contribution >= 4 is 41.1 Å². The van der Waals surface area contributed by atoms with Crippen LogP contribution >= 0.6 is 0 Å². The Morgan fingerprint density at radius 1 is 0.531 bits per heavy atom. The van der Waals surface area contributed by atoms with E-state index < -0.39 is 96.2 Å². The van der Waals surface area contributed by atoms with Gasteiger partial charge in [0, 0.05) is 24.9 Å². The van der Waals surface area contributed by atoms with Gasteiger partial charge in [-0.2, -0.15) is 13.2 Å². The number of aliphatic hydroxyl groups excluding tert-OH is 2. The Labute approximate surface area is 365 Å². The second-order valence-electron chi connectivity index (χ2n) is 15.5. The van der Waals surface area contributed by atoms with Crippen molar-refractivity contribution in [2.24, 2.45) is 5.92 Å². The lowest BCUT2D eigenvalue weighted by molar-refractivity contribution is -0.145. The molecule has 0 saturated heterocycles. The molecule has 64 heavy (non-hydrogen) atoms. The van der Waals surface area contributed by atoms with Crippen molar-refractivity contribution in [1.29, 1.82) is 0 Å². The summed E-state index contributed by atoms with van der Waals surface area (Å²) in [6.07, 6.45) is -10.9. The van der Waals surface area contributed by atoms with Crippen molar-refractivity contribution in [3.63, 3.8) is 0 Å². The lowest BCUT2D eigenvalue weighted by Gasteiger charge is -2.27. The fourth-order valence-corrected chi connectivity index (χ4v) is 7.22. The Balaban J connectivity index is 1.39. The summed E-state index contributed by atoms with van der Waals surface area (Å²) in [6.45, 7) is 0. The van der Waals surface area contributed by atoms with Crippen molar-refractivity contribution in [3.8, 4) is 11.1 Å². The molecule has 0 radical (unpaired) electrons. The van der Waals surface area contributed by atoms with Gasteiger partial charge in [0.05, 0.1) is 17.5 Å². The third kappa shape index (κ3) is 12.5. The van der Waals surface area contributed by atoms with Crippen LogP contribution in [0, 0.1) is 5.92 Å². The van der Waals surface area contributed by atoms with E-state index in [1.807, 2.05) is 30.3 Å². The van der Waals surface area contributed by atoms with Crippen LogP contribution in [0.4, 0.5) is 18.9 Å². The van der Waals surface area contributed by atoms with E-state index in [9.17, 15) is 57.3 Å². The zero-order chi connectivity index (χ0) is 46.0. The minimum Gasteiger partial charge on any atom is -0.481 e. The van der Waals surface area contributed by atoms with Gasteiger partial charge in [-0.25, -0.2) is 0 Å². The van der Waals surface area contributed by atoms with Crippen LogP contribution in [-0.2, 0) is 60.6 Å². The number of anilines is 1. The first-order chi connectivity index (χ1) is 30.5. The van der Waals surface area contributed by atoms with Gasteiger partial charge >= 0.3 is 12.1 Å². The minimum atomic E-state index is -4.68. The van der Waals surface area contributed by atoms with Crippen LogP contribution in [0.1, 0.15) is 34.2 Å². The monoisotopic (exact) mass is 878 g/mol. The highest BCUT2D eigenvalue weighted by molar-refractivity contribution is 6.00. The molecule has 332 valence electrons. The van der Waals surface area contributed by atoms with Crippen LogP contribution in [0.5, 0.6) is 0 Å². The number of ketones is 1. The predicted molar refractivity (Wildman–Crippen MR) is 228 cm³/mol. The smallest absolute Gasteiger partial charge is 0.416 e. The molecule has 4 amide bonds. The Morgan fingerprint density at radius 3 is 1.53 bits per heavy atom. The van der Waals surface area contributed by atoms with Crippen molar-refractivity contribution in [3.05, 3.63) is 161 Å². The first kappa shape index (κ1) is 46.3. The SMILES string of the molecule is O=C(O)[C@H]1CC(=O)[C@@H](Cc2ccccc2)NC(=O)[C@H](Cc2ccc(-c3ccccc3)cc2)NC(=O)[C@@H](Cc2ccc(C(F)(F)F)cc2)NC(=O)[C@H](O)[C@@H](O)C(=O)Nc2ccc(cc2)C1. The maximum atomic E-state index is 14.5. The number of carbonyl (C=O) groups is 6. The van der Waals surface area contributed by atoms with Crippen molar-refractivity contribution < 1.29 is 57.3 Å². The number of carboxylic acid groups (broad SMARTS) is 1. The maximum Gasteiger partial charge on any atom is 0.416 e. The van der Waals surface area contributed by atoms with Crippen LogP contribution in [0.25, 0.3) is 11.1 Å². The van der Waals surface area contributed by atoms with Gasteiger partial charge in [-0.3, -0.25) is 28.8 Å². The highest BCUT2D eigenvalue weighted by Gasteiger charge is 2.36. The van der Waals surface area contributed by atoms with Gasteiger partial charge in [0.25, 0.3) is 11.8 Å². The topological polar surface area (TPSA) is 211 Å². The molecule has 13 nitrogen and oxygen atoms in total. The van der Waals surface area contributed by atoms with Crippen LogP contribution in [-0.4, -0.2) is 81.0 Å². The van der Waals surface area contributed by atoms with Gasteiger partial charge < -0.3 is 36.6 Å². The third-order valence-corrected chi connectivity index (χ3v) is 10.8. The van der Waals surface area contributed by atoms with E-state index in [2.05, 4.69) is 21.3 Å². The summed E-state index contributed by atoms with van der Waals surface area (Å²) in [5.41, 5.74) is 2.62. The molecule has 5 aromatic carbocycles. The molecule has 0 aliphatic carbocycles. The summed E-state index contributed by atoms with van der Waals surface area (Å²) in [7, 11) is 0. The van der Waals surface area contributed by atoms with E-state index in [1.54, 1.807) is 54.6 Å². The third-order valence-electron chi connectivity index (χ3n) is 10.8. The number of hydrogen-bond acceptors (Lipinski definition) is 8. The van der Waals surface area contributed by atoms with Gasteiger partial charge in [-0.1, -0.05) is 109 Å². The van der Waals surface area contributed by atoms with Crippen LogP contribution in [0.2, 0.25) is 0 Å². The number of alkyl halides is 3. The first-order valence-corrected chi connectivity index (χ1v) is 20.3. The number of aliphatic carboxylic acids is 1. The Kier molecular flexibility index (Phi) is 15.1. The second-order valence-corrected chi connectivity index (χ2v) is 15.5. The molecule has 7 N–H and O–H groups in total. The number of rotatable bonds is 8. The molecule has 2 heterocycles. The summed E-state index contributed by atoms with van der Waals surface area (Å²) in [5, 5.41) is 41.7.